The van der Waals surface area contributed by atoms with E-state index in [9.17, 15) is 14.4 Å². The molecular formula is C16H17NO4. The van der Waals surface area contributed by atoms with Crippen LogP contribution >= 0.6 is 0 Å². The van der Waals surface area contributed by atoms with Gasteiger partial charge in [-0.1, -0.05) is 12.1 Å². The van der Waals surface area contributed by atoms with Crippen LogP contribution in [0.2, 0.25) is 0 Å². The molecule has 1 aliphatic carbocycles. The Kier molecular flexibility index (Phi) is 3.49. The van der Waals surface area contributed by atoms with E-state index in [1.54, 1.807) is 24.3 Å². The van der Waals surface area contributed by atoms with Crippen molar-refractivity contribution >= 4 is 17.8 Å². The number of hydrogen-bond acceptors (Lipinski definition) is 3. The van der Waals surface area contributed by atoms with E-state index in [2.05, 4.69) is 0 Å². The van der Waals surface area contributed by atoms with Gasteiger partial charge in [0.05, 0.1) is 17.0 Å². The predicted molar refractivity (Wildman–Crippen MR) is 74.9 cm³/mol. The van der Waals surface area contributed by atoms with E-state index in [1.165, 1.54) is 4.90 Å². The molecule has 1 heterocycles. The summed E-state index contributed by atoms with van der Waals surface area (Å²) in [6, 6.07) is 6.87. The second-order valence-electron chi connectivity index (χ2n) is 5.82. The number of hydrogen-bond donors (Lipinski definition) is 1. The monoisotopic (exact) mass is 287 g/mol. The van der Waals surface area contributed by atoms with Gasteiger partial charge < -0.3 is 5.11 Å². The average molecular weight is 287 g/mol. The summed E-state index contributed by atoms with van der Waals surface area (Å²) in [5.41, 5.74) is 0.948. The minimum atomic E-state index is -0.741. The van der Waals surface area contributed by atoms with Gasteiger partial charge in [0.25, 0.3) is 11.8 Å². The summed E-state index contributed by atoms with van der Waals surface area (Å²) in [6.45, 7) is 0.401. The van der Waals surface area contributed by atoms with Gasteiger partial charge in [-0.2, -0.15) is 0 Å². The summed E-state index contributed by atoms with van der Waals surface area (Å²) in [5, 5.41) is 8.99. The Morgan fingerprint density at radius 2 is 1.57 bits per heavy atom. The second kappa shape index (κ2) is 5.31. The van der Waals surface area contributed by atoms with Gasteiger partial charge in [-0.15, -0.1) is 0 Å². The van der Waals surface area contributed by atoms with Crippen LogP contribution in [0.3, 0.4) is 0 Å². The SMILES string of the molecule is O=C1c2ccccc2C(=O)N1C[C@H]1CC[C@H](C(=O)O)CC1. The van der Waals surface area contributed by atoms with Crippen molar-refractivity contribution in [3.63, 3.8) is 0 Å². The molecule has 21 heavy (non-hydrogen) atoms. The number of carboxylic acid groups (broad SMARTS) is 1. The zero-order chi connectivity index (χ0) is 15.0. The average Bonchev–Trinajstić information content (AvgIpc) is 2.73. The number of aliphatic carboxylic acids is 1. The summed E-state index contributed by atoms with van der Waals surface area (Å²) in [5.74, 6) is -1.26. The number of imide groups is 1. The number of carboxylic acids is 1. The van der Waals surface area contributed by atoms with E-state index in [-0.39, 0.29) is 23.7 Å². The van der Waals surface area contributed by atoms with E-state index in [0.717, 1.165) is 12.8 Å². The molecule has 0 atom stereocenters. The van der Waals surface area contributed by atoms with Crippen molar-refractivity contribution in [3.8, 4) is 0 Å². The van der Waals surface area contributed by atoms with Gasteiger partial charge in [0.2, 0.25) is 0 Å². The highest BCUT2D eigenvalue weighted by Crippen LogP contribution is 2.31. The van der Waals surface area contributed by atoms with Crippen molar-refractivity contribution in [2.24, 2.45) is 11.8 Å². The number of carbonyl (C=O) groups is 3. The highest BCUT2D eigenvalue weighted by Gasteiger charge is 2.37. The molecule has 3 rings (SSSR count). The molecule has 1 N–H and O–H groups in total. The van der Waals surface area contributed by atoms with E-state index in [0.29, 0.717) is 30.5 Å². The first-order valence-corrected chi connectivity index (χ1v) is 7.26. The van der Waals surface area contributed by atoms with Crippen LogP contribution in [0.5, 0.6) is 0 Å². The van der Waals surface area contributed by atoms with Gasteiger partial charge in [0.1, 0.15) is 0 Å². The van der Waals surface area contributed by atoms with Crippen LogP contribution < -0.4 is 0 Å². The smallest absolute Gasteiger partial charge is 0.306 e. The molecule has 0 bridgehead atoms. The Labute approximate surface area is 122 Å². The van der Waals surface area contributed by atoms with Crippen molar-refractivity contribution in [2.45, 2.75) is 25.7 Å². The summed E-state index contributed by atoms with van der Waals surface area (Å²) >= 11 is 0. The van der Waals surface area contributed by atoms with Crippen LogP contribution in [-0.2, 0) is 4.79 Å². The van der Waals surface area contributed by atoms with Crippen molar-refractivity contribution < 1.29 is 19.5 Å². The lowest BCUT2D eigenvalue weighted by molar-refractivity contribution is -0.143. The largest absolute Gasteiger partial charge is 0.481 e. The maximum atomic E-state index is 12.3. The molecule has 1 aromatic rings. The van der Waals surface area contributed by atoms with Gasteiger partial charge in [-0.25, -0.2) is 0 Å². The predicted octanol–water partition coefficient (Wildman–Crippen LogP) is 2.17. The minimum absolute atomic E-state index is 0.211. The van der Waals surface area contributed by atoms with E-state index in [4.69, 9.17) is 5.11 Å². The maximum absolute atomic E-state index is 12.3. The lowest BCUT2D eigenvalue weighted by atomic mass is 9.82. The first kappa shape index (κ1) is 13.8. The highest BCUT2D eigenvalue weighted by atomic mass is 16.4. The van der Waals surface area contributed by atoms with Gasteiger partial charge >= 0.3 is 5.97 Å². The normalized spacial score (nSPS) is 25.0. The van der Waals surface area contributed by atoms with Crippen LogP contribution in [0, 0.1) is 11.8 Å². The molecule has 5 heteroatoms. The fraction of sp³-hybridized carbons (Fsp3) is 0.438. The van der Waals surface area contributed by atoms with E-state index >= 15 is 0 Å². The Hall–Kier alpha value is -2.17. The molecule has 1 saturated carbocycles. The van der Waals surface area contributed by atoms with Crippen LogP contribution in [0.4, 0.5) is 0 Å². The van der Waals surface area contributed by atoms with Crippen molar-refractivity contribution in [2.75, 3.05) is 6.54 Å². The molecule has 0 saturated heterocycles. The number of fused-ring (bicyclic) bond motifs is 1. The first-order valence-electron chi connectivity index (χ1n) is 7.26. The summed E-state index contributed by atoms with van der Waals surface area (Å²) < 4.78 is 0. The third kappa shape index (κ3) is 2.44. The van der Waals surface area contributed by atoms with Crippen molar-refractivity contribution in [1.82, 2.24) is 4.90 Å². The van der Waals surface area contributed by atoms with Crippen LogP contribution in [-0.4, -0.2) is 34.3 Å². The first-order chi connectivity index (χ1) is 10.1. The van der Waals surface area contributed by atoms with Crippen LogP contribution in [0.15, 0.2) is 24.3 Å². The topological polar surface area (TPSA) is 74.7 Å². The Morgan fingerprint density at radius 3 is 2.05 bits per heavy atom. The molecule has 110 valence electrons. The van der Waals surface area contributed by atoms with Gasteiger partial charge in [-0.05, 0) is 43.7 Å². The van der Waals surface area contributed by atoms with Gasteiger partial charge in [-0.3, -0.25) is 19.3 Å². The number of carbonyl (C=O) groups excluding carboxylic acids is 2. The minimum Gasteiger partial charge on any atom is -0.481 e. The Morgan fingerprint density at radius 1 is 1.05 bits per heavy atom. The molecular weight excluding hydrogens is 270 g/mol. The lowest BCUT2D eigenvalue weighted by Crippen LogP contribution is -2.36. The van der Waals surface area contributed by atoms with Crippen molar-refractivity contribution in [1.29, 1.82) is 0 Å². The van der Waals surface area contributed by atoms with Crippen molar-refractivity contribution in [3.05, 3.63) is 35.4 Å². The number of nitrogens with zero attached hydrogens (tertiary/aromatic N) is 1. The number of amides is 2. The quantitative estimate of drug-likeness (QED) is 0.865. The van der Waals surface area contributed by atoms with Crippen LogP contribution in [0.1, 0.15) is 46.4 Å². The third-order valence-electron chi connectivity index (χ3n) is 4.51. The van der Waals surface area contributed by atoms with Gasteiger partial charge in [0.15, 0.2) is 0 Å². The molecule has 5 nitrogen and oxygen atoms in total. The number of rotatable bonds is 3. The zero-order valence-electron chi connectivity index (χ0n) is 11.6. The molecule has 1 aromatic carbocycles. The Balaban J connectivity index is 1.67. The van der Waals surface area contributed by atoms with Gasteiger partial charge in [0, 0.05) is 6.54 Å². The van der Waals surface area contributed by atoms with Crippen LogP contribution in [0.25, 0.3) is 0 Å². The third-order valence-corrected chi connectivity index (χ3v) is 4.51. The molecule has 0 radical (unpaired) electrons. The maximum Gasteiger partial charge on any atom is 0.306 e. The summed E-state index contributed by atoms with van der Waals surface area (Å²) in [4.78, 5) is 36.8. The van der Waals surface area contributed by atoms with E-state index < -0.39 is 5.97 Å². The highest BCUT2D eigenvalue weighted by molar-refractivity contribution is 6.21. The lowest BCUT2D eigenvalue weighted by Gasteiger charge is -2.28. The molecule has 0 aromatic heterocycles. The molecule has 2 amide bonds. The molecule has 0 unspecified atom stereocenters. The standard InChI is InChI=1S/C16H17NO4/c18-14-12-3-1-2-4-13(12)15(19)17(14)9-10-5-7-11(8-6-10)16(20)21/h1-4,10-11H,5-9H2,(H,20,21)/t10-,11-. The van der Waals surface area contributed by atoms with E-state index in [1.807, 2.05) is 0 Å². The molecule has 2 aliphatic rings. The Bertz CT molecular complexity index is 567. The number of benzene rings is 1. The zero-order valence-corrected chi connectivity index (χ0v) is 11.6. The fourth-order valence-electron chi connectivity index (χ4n) is 3.26. The summed E-state index contributed by atoms with van der Waals surface area (Å²) in [7, 11) is 0. The molecule has 1 aliphatic heterocycles. The molecule has 0 spiro atoms. The molecule has 1 fully saturated rings. The summed E-state index contributed by atoms with van der Waals surface area (Å²) in [6.07, 6.45) is 2.76. The fourth-order valence-corrected chi connectivity index (χ4v) is 3.26. The second-order valence-corrected chi connectivity index (χ2v) is 5.82.